The Balaban J connectivity index is 2.11. The number of nitrogens with one attached hydrogen (secondary N) is 1. The zero-order valence-electron chi connectivity index (χ0n) is 9.35. The molecule has 0 aliphatic heterocycles. The van der Waals surface area contributed by atoms with Crippen molar-refractivity contribution in [1.29, 1.82) is 5.26 Å². The second-order valence-corrected chi connectivity index (χ2v) is 3.72. The molecular weight excluding hydrogens is 210 g/mol. The second-order valence-electron chi connectivity index (χ2n) is 3.72. The first-order valence-corrected chi connectivity index (χ1v) is 5.38. The summed E-state index contributed by atoms with van der Waals surface area (Å²) in [6.45, 7) is 0.553. The van der Waals surface area contributed by atoms with Crippen molar-refractivity contribution in [1.82, 2.24) is 0 Å². The van der Waals surface area contributed by atoms with E-state index in [-0.39, 0.29) is 0 Å². The second kappa shape index (κ2) is 5.15. The lowest BCUT2D eigenvalue weighted by Crippen LogP contribution is -1.96. The van der Waals surface area contributed by atoms with E-state index in [0.29, 0.717) is 12.1 Å². The molecule has 3 nitrogen and oxygen atoms in total. The number of nitrogens with zero attached hydrogens (tertiary/aromatic N) is 1. The molecule has 2 rings (SSSR count). The van der Waals surface area contributed by atoms with Crippen LogP contribution in [0.5, 0.6) is 0 Å². The molecule has 17 heavy (non-hydrogen) atoms. The molecule has 0 spiro atoms. The molecule has 0 bridgehead atoms. The fourth-order valence-electron chi connectivity index (χ4n) is 1.52. The summed E-state index contributed by atoms with van der Waals surface area (Å²) in [6, 6.07) is 17.4. The molecule has 0 heterocycles. The molecule has 0 aliphatic rings. The molecule has 0 saturated carbocycles. The molecule has 3 heteroatoms. The van der Waals surface area contributed by atoms with Gasteiger partial charge >= 0.3 is 0 Å². The zero-order chi connectivity index (χ0) is 12.1. The third kappa shape index (κ3) is 2.83. The van der Waals surface area contributed by atoms with Gasteiger partial charge in [-0.25, -0.2) is 0 Å². The van der Waals surface area contributed by atoms with Crippen LogP contribution >= 0.6 is 0 Å². The zero-order valence-corrected chi connectivity index (χ0v) is 9.35. The first-order chi connectivity index (χ1) is 8.31. The maximum absolute atomic E-state index is 8.69. The first-order valence-electron chi connectivity index (χ1n) is 5.38. The summed E-state index contributed by atoms with van der Waals surface area (Å²) in [7, 11) is 0. The third-order valence-electron chi connectivity index (χ3n) is 2.49. The minimum atomic E-state index is 0.553. The van der Waals surface area contributed by atoms with Crippen LogP contribution in [0, 0.1) is 11.3 Å². The monoisotopic (exact) mass is 223 g/mol. The van der Waals surface area contributed by atoms with E-state index in [1.54, 1.807) is 12.1 Å². The molecule has 2 aromatic rings. The number of nitrogens with two attached hydrogens (primary N) is 1. The summed E-state index contributed by atoms with van der Waals surface area (Å²) in [5.41, 5.74) is 9.27. The summed E-state index contributed by atoms with van der Waals surface area (Å²) in [5.74, 6) is 0. The van der Waals surface area contributed by atoms with E-state index in [0.717, 1.165) is 16.9 Å². The maximum atomic E-state index is 8.69. The SMILES string of the molecule is N#Cc1ccc(Nc2ccc(CN)cc2)cc1. The van der Waals surface area contributed by atoms with Gasteiger partial charge in [-0.05, 0) is 42.0 Å². The van der Waals surface area contributed by atoms with Crippen LogP contribution in [0.15, 0.2) is 48.5 Å². The Kier molecular flexibility index (Phi) is 3.39. The summed E-state index contributed by atoms with van der Waals surface area (Å²) in [4.78, 5) is 0. The Morgan fingerprint density at radius 1 is 0.941 bits per heavy atom. The minimum Gasteiger partial charge on any atom is -0.356 e. The Hall–Kier alpha value is -2.31. The lowest BCUT2D eigenvalue weighted by atomic mass is 10.2. The molecule has 0 fully saturated rings. The molecule has 0 amide bonds. The lowest BCUT2D eigenvalue weighted by molar-refractivity contribution is 1.07. The van der Waals surface area contributed by atoms with Gasteiger partial charge in [-0.3, -0.25) is 0 Å². The molecule has 0 aliphatic carbocycles. The van der Waals surface area contributed by atoms with Gasteiger partial charge in [-0.1, -0.05) is 12.1 Å². The average Bonchev–Trinajstić information content (AvgIpc) is 2.40. The number of hydrogen-bond acceptors (Lipinski definition) is 3. The van der Waals surface area contributed by atoms with Crippen LogP contribution in [-0.4, -0.2) is 0 Å². The van der Waals surface area contributed by atoms with Gasteiger partial charge in [0.2, 0.25) is 0 Å². The number of anilines is 2. The van der Waals surface area contributed by atoms with Gasteiger partial charge in [0.05, 0.1) is 11.6 Å². The Morgan fingerprint density at radius 2 is 1.47 bits per heavy atom. The highest BCUT2D eigenvalue weighted by molar-refractivity contribution is 5.60. The fourth-order valence-corrected chi connectivity index (χ4v) is 1.52. The predicted octanol–water partition coefficient (Wildman–Crippen LogP) is 2.76. The smallest absolute Gasteiger partial charge is 0.0991 e. The van der Waals surface area contributed by atoms with E-state index in [9.17, 15) is 0 Å². The third-order valence-corrected chi connectivity index (χ3v) is 2.49. The molecule has 0 atom stereocenters. The van der Waals surface area contributed by atoms with Crippen molar-refractivity contribution in [3.8, 4) is 6.07 Å². The van der Waals surface area contributed by atoms with E-state index in [4.69, 9.17) is 11.0 Å². The van der Waals surface area contributed by atoms with Crippen LogP contribution in [0.1, 0.15) is 11.1 Å². The van der Waals surface area contributed by atoms with Crippen molar-refractivity contribution >= 4 is 11.4 Å². The molecule has 0 saturated heterocycles. The van der Waals surface area contributed by atoms with Crippen LogP contribution in [0.25, 0.3) is 0 Å². The Bertz CT molecular complexity index is 521. The van der Waals surface area contributed by atoms with Crippen LogP contribution in [-0.2, 0) is 6.54 Å². The molecule has 0 radical (unpaired) electrons. The van der Waals surface area contributed by atoms with Crippen LogP contribution in [0.4, 0.5) is 11.4 Å². The Morgan fingerprint density at radius 3 is 1.94 bits per heavy atom. The van der Waals surface area contributed by atoms with Crippen molar-refractivity contribution in [2.75, 3.05) is 5.32 Å². The highest BCUT2D eigenvalue weighted by atomic mass is 14.9. The van der Waals surface area contributed by atoms with E-state index < -0.39 is 0 Å². The number of nitriles is 1. The van der Waals surface area contributed by atoms with Gasteiger partial charge in [0.1, 0.15) is 0 Å². The summed E-state index contributed by atoms with van der Waals surface area (Å²) < 4.78 is 0. The summed E-state index contributed by atoms with van der Waals surface area (Å²) in [6.07, 6.45) is 0. The van der Waals surface area contributed by atoms with Crippen molar-refractivity contribution in [3.63, 3.8) is 0 Å². The van der Waals surface area contributed by atoms with Crippen LogP contribution in [0.3, 0.4) is 0 Å². The van der Waals surface area contributed by atoms with Crippen LogP contribution < -0.4 is 11.1 Å². The number of rotatable bonds is 3. The molecular formula is C14H13N3. The van der Waals surface area contributed by atoms with Crippen molar-refractivity contribution < 1.29 is 0 Å². The minimum absolute atomic E-state index is 0.553. The van der Waals surface area contributed by atoms with Gasteiger partial charge in [-0.2, -0.15) is 5.26 Å². The Labute approximate surface area is 101 Å². The molecule has 3 N–H and O–H groups in total. The van der Waals surface area contributed by atoms with Crippen molar-refractivity contribution in [3.05, 3.63) is 59.7 Å². The largest absolute Gasteiger partial charge is 0.356 e. The van der Waals surface area contributed by atoms with Gasteiger partial charge < -0.3 is 11.1 Å². The predicted molar refractivity (Wildman–Crippen MR) is 68.8 cm³/mol. The van der Waals surface area contributed by atoms with Gasteiger partial charge in [0.15, 0.2) is 0 Å². The van der Waals surface area contributed by atoms with E-state index in [1.807, 2.05) is 36.4 Å². The van der Waals surface area contributed by atoms with E-state index >= 15 is 0 Å². The molecule has 0 aromatic heterocycles. The normalized spacial score (nSPS) is 9.65. The summed E-state index contributed by atoms with van der Waals surface area (Å²) in [5, 5.41) is 11.9. The van der Waals surface area contributed by atoms with Crippen molar-refractivity contribution in [2.45, 2.75) is 6.54 Å². The highest BCUT2D eigenvalue weighted by Gasteiger charge is 1.95. The van der Waals surface area contributed by atoms with Gasteiger partial charge in [0, 0.05) is 17.9 Å². The highest BCUT2D eigenvalue weighted by Crippen LogP contribution is 2.17. The molecule has 0 unspecified atom stereocenters. The molecule has 2 aromatic carbocycles. The average molecular weight is 223 g/mol. The van der Waals surface area contributed by atoms with E-state index in [2.05, 4.69) is 11.4 Å². The number of benzene rings is 2. The lowest BCUT2D eigenvalue weighted by Gasteiger charge is -2.06. The standard InChI is InChI=1S/C14H13N3/c15-9-11-1-5-13(6-2-11)17-14-7-3-12(10-16)4-8-14/h1-8,17H,9,15H2. The van der Waals surface area contributed by atoms with Crippen molar-refractivity contribution in [2.24, 2.45) is 5.73 Å². The maximum Gasteiger partial charge on any atom is 0.0991 e. The fraction of sp³-hybridized carbons (Fsp3) is 0.0714. The summed E-state index contributed by atoms with van der Waals surface area (Å²) >= 11 is 0. The van der Waals surface area contributed by atoms with Crippen LogP contribution in [0.2, 0.25) is 0 Å². The number of hydrogen-bond donors (Lipinski definition) is 2. The quantitative estimate of drug-likeness (QED) is 0.841. The van der Waals surface area contributed by atoms with Gasteiger partial charge in [-0.15, -0.1) is 0 Å². The van der Waals surface area contributed by atoms with E-state index in [1.165, 1.54) is 0 Å². The molecule has 84 valence electrons. The van der Waals surface area contributed by atoms with Gasteiger partial charge in [0.25, 0.3) is 0 Å². The first kappa shape index (κ1) is 11.2. The topological polar surface area (TPSA) is 61.8 Å².